The van der Waals surface area contributed by atoms with Gasteiger partial charge in [-0.1, -0.05) is 24.3 Å². The molecule has 0 aliphatic rings. The third kappa shape index (κ3) is 2.08. The average Bonchev–Trinajstić information content (AvgIpc) is 2.49. The van der Waals surface area contributed by atoms with E-state index in [0.717, 1.165) is 22.5 Å². The van der Waals surface area contributed by atoms with Crippen LogP contribution in [-0.2, 0) is 0 Å². The summed E-state index contributed by atoms with van der Waals surface area (Å²) in [5.41, 5.74) is 3.80. The molecule has 4 nitrogen and oxygen atoms in total. The van der Waals surface area contributed by atoms with Crippen molar-refractivity contribution in [2.24, 2.45) is 0 Å². The highest BCUT2D eigenvalue weighted by Crippen LogP contribution is 2.21. The molecular weight excluding hydrogens is 224 g/mol. The highest BCUT2D eigenvalue weighted by atomic mass is 14.8. The Hall–Kier alpha value is -2.62. The standard InChI is InChI=1S/C14H10N4/c1-2-12(14-10-16-6-8-18-14)4-3-11(1)13-9-15-5-7-17-13/h1-10H. The van der Waals surface area contributed by atoms with Crippen molar-refractivity contribution in [2.75, 3.05) is 0 Å². The quantitative estimate of drug-likeness (QED) is 0.684. The van der Waals surface area contributed by atoms with Crippen LogP contribution in [0, 0.1) is 0 Å². The molecular formula is C14H10N4. The predicted octanol–water partition coefficient (Wildman–Crippen LogP) is 2.60. The van der Waals surface area contributed by atoms with Crippen molar-refractivity contribution < 1.29 is 0 Å². The molecule has 0 radical (unpaired) electrons. The SMILES string of the molecule is c1cnc(-c2ccc(-c3cnccn3)cc2)cn1. The summed E-state index contributed by atoms with van der Waals surface area (Å²) in [7, 11) is 0. The first-order valence-electron chi connectivity index (χ1n) is 5.56. The molecule has 0 aliphatic carbocycles. The van der Waals surface area contributed by atoms with E-state index in [2.05, 4.69) is 19.9 Å². The first kappa shape index (κ1) is 10.5. The van der Waals surface area contributed by atoms with Crippen LogP contribution in [0.4, 0.5) is 0 Å². The van der Waals surface area contributed by atoms with Crippen molar-refractivity contribution in [3.8, 4) is 22.5 Å². The molecule has 3 rings (SSSR count). The lowest BCUT2D eigenvalue weighted by atomic mass is 10.1. The molecule has 0 saturated heterocycles. The second-order valence-electron chi connectivity index (χ2n) is 3.76. The van der Waals surface area contributed by atoms with Gasteiger partial charge in [-0.05, 0) is 0 Å². The molecule has 2 heterocycles. The summed E-state index contributed by atoms with van der Waals surface area (Å²) in [6, 6.07) is 8.03. The van der Waals surface area contributed by atoms with Crippen LogP contribution < -0.4 is 0 Å². The van der Waals surface area contributed by atoms with Gasteiger partial charge in [-0.2, -0.15) is 0 Å². The lowest BCUT2D eigenvalue weighted by Gasteiger charge is -2.02. The highest BCUT2D eigenvalue weighted by molar-refractivity contribution is 5.65. The maximum atomic E-state index is 4.26. The molecule has 0 unspecified atom stereocenters. The average molecular weight is 234 g/mol. The Bertz CT molecular complexity index is 562. The van der Waals surface area contributed by atoms with Gasteiger partial charge in [-0.25, -0.2) is 0 Å². The Kier molecular flexibility index (Phi) is 2.75. The molecule has 4 heteroatoms. The number of aromatic nitrogens is 4. The lowest BCUT2D eigenvalue weighted by Crippen LogP contribution is -1.86. The van der Waals surface area contributed by atoms with E-state index in [1.54, 1.807) is 37.2 Å². The van der Waals surface area contributed by atoms with Crippen LogP contribution in [-0.4, -0.2) is 19.9 Å². The van der Waals surface area contributed by atoms with Crippen molar-refractivity contribution in [2.45, 2.75) is 0 Å². The predicted molar refractivity (Wildman–Crippen MR) is 68.5 cm³/mol. The van der Waals surface area contributed by atoms with Gasteiger partial charge >= 0.3 is 0 Å². The van der Waals surface area contributed by atoms with Crippen LogP contribution in [0.25, 0.3) is 22.5 Å². The summed E-state index contributed by atoms with van der Waals surface area (Å²) < 4.78 is 0. The lowest BCUT2D eigenvalue weighted by molar-refractivity contribution is 1.20. The summed E-state index contributed by atoms with van der Waals surface area (Å²) in [6.45, 7) is 0. The fourth-order valence-electron chi connectivity index (χ4n) is 1.71. The van der Waals surface area contributed by atoms with E-state index in [1.807, 2.05) is 24.3 Å². The van der Waals surface area contributed by atoms with E-state index in [-0.39, 0.29) is 0 Å². The van der Waals surface area contributed by atoms with Gasteiger partial charge in [0.2, 0.25) is 0 Å². The maximum absolute atomic E-state index is 4.26. The van der Waals surface area contributed by atoms with E-state index in [4.69, 9.17) is 0 Å². The molecule has 1 aromatic carbocycles. The molecule has 0 saturated carbocycles. The summed E-state index contributed by atoms with van der Waals surface area (Å²) in [5.74, 6) is 0. The number of rotatable bonds is 2. The zero-order valence-electron chi connectivity index (χ0n) is 9.56. The molecule has 0 aliphatic heterocycles. The normalized spacial score (nSPS) is 10.2. The van der Waals surface area contributed by atoms with Gasteiger partial charge in [0.05, 0.1) is 23.8 Å². The summed E-state index contributed by atoms with van der Waals surface area (Å²) in [4.78, 5) is 16.6. The Morgan fingerprint density at radius 1 is 0.556 bits per heavy atom. The second-order valence-corrected chi connectivity index (χ2v) is 3.76. The molecule has 2 aromatic heterocycles. The van der Waals surface area contributed by atoms with Gasteiger partial charge in [-0.3, -0.25) is 19.9 Å². The van der Waals surface area contributed by atoms with E-state index >= 15 is 0 Å². The smallest absolute Gasteiger partial charge is 0.0885 e. The van der Waals surface area contributed by atoms with Gasteiger partial charge in [0.25, 0.3) is 0 Å². The monoisotopic (exact) mass is 234 g/mol. The van der Waals surface area contributed by atoms with E-state index in [9.17, 15) is 0 Å². The summed E-state index contributed by atoms with van der Waals surface area (Å²) >= 11 is 0. The highest BCUT2D eigenvalue weighted by Gasteiger charge is 2.01. The number of hydrogen-bond donors (Lipinski definition) is 0. The number of benzene rings is 1. The van der Waals surface area contributed by atoms with E-state index < -0.39 is 0 Å². The van der Waals surface area contributed by atoms with Gasteiger partial charge in [-0.15, -0.1) is 0 Å². The molecule has 0 N–H and O–H groups in total. The van der Waals surface area contributed by atoms with Crippen LogP contribution in [0.15, 0.2) is 61.4 Å². The minimum atomic E-state index is 0.864. The molecule has 0 atom stereocenters. The Labute approximate surface area is 104 Å². The molecule has 18 heavy (non-hydrogen) atoms. The molecule has 3 aromatic rings. The Morgan fingerprint density at radius 3 is 1.33 bits per heavy atom. The fraction of sp³-hybridized carbons (Fsp3) is 0. The minimum Gasteiger partial charge on any atom is -0.261 e. The second kappa shape index (κ2) is 4.71. The van der Waals surface area contributed by atoms with E-state index in [1.165, 1.54) is 0 Å². The van der Waals surface area contributed by atoms with Crippen molar-refractivity contribution >= 4 is 0 Å². The fourth-order valence-corrected chi connectivity index (χ4v) is 1.71. The van der Waals surface area contributed by atoms with Crippen molar-refractivity contribution in [3.63, 3.8) is 0 Å². The minimum absolute atomic E-state index is 0.864. The van der Waals surface area contributed by atoms with Crippen LogP contribution in [0.5, 0.6) is 0 Å². The van der Waals surface area contributed by atoms with Crippen molar-refractivity contribution in [1.82, 2.24) is 19.9 Å². The summed E-state index contributed by atoms with van der Waals surface area (Å²) in [5, 5.41) is 0. The van der Waals surface area contributed by atoms with Gasteiger partial charge in [0, 0.05) is 35.9 Å². The largest absolute Gasteiger partial charge is 0.261 e. The van der Waals surface area contributed by atoms with Crippen LogP contribution in [0.2, 0.25) is 0 Å². The molecule has 0 spiro atoms. The summed E-state index contributed by atoms with van der Waals surface area (Å²) in [6.07, 6.45) is 10.2. The Morgan fingerprint density at radius 2 is 1.00 bits per heavy atom. The van der Waals surface area contributed by atoms with Crippen molar-refractivity contribution in [3.05, 3.63) is 61.4 Å². The third-order valence-electron chi connectivity index (χ3n) is 2.60. The van der Waals surface area contributed by atoms with Gasteiger partial charge < -0.3 is 0 Å². The van der Waals surface area contributed by atoms with Crippen LogP contribution >= 0.6 is 0 Å². The van der Waals surface area contributed by atoms with E-state index in [0.29, 0.717) is 0 Å². The van der Waals surface area contributed by atoms with Gasteiger partial charge in [0.1, 0.15) is 0 Å². The number of hydrogen-bond acceptors (Lipinski definition) is 4. The topological polar surface area (TPSA) is 51.6 Å². The third-order valence-corrected chi connectivity index (χ3v) is 2.60. The van der Waals surface area contributed by atoms with Crippen LogP contribution in [0.3, 0.4) is 0 Å². The zero-order valence-corrected chi connectivity index (χ0v) is 9.56. The molecule has 0 bridgehead atoms. The molecule has 86 valence electrons. The first-order chi connectivity index (χ1) is 8.93. The molecule has 0 fully saturated rings. The molecule has 0 amide bonds. The van der Waals surface area contributed by atoms with Crippen LogP contribution in [0.1, 0.15) is 0 Å². The zero-order chi connectivity index (χ0) is 12.2. The maximum Gasteiger partial charge on any atom is 0.0885 e. The first-order valence-corrected chi connectivity index (χ1v) is 5.56. The number of nitrogens with zero attached hydrogens (tertiary/aromatic N) is 4. The Balaban J connectivity index is 1.95. The van der Waals surface area contributed by atoms with Crippen molar-refractivity contribution in [1.29, 1.82) is 0 Å². The van der Waals surface area contributed by atoms with Gasteiger partial charge in [0.15, 0.2) is 0 Å².